The number of aromatic hydroxyl groups is 1. The average molecular weight is 326 g/mol. The van der Waals surface area contributed by atoms with Gasteiger partial charge in [0.2, 0.25) is 0 Å². The molecule has 1 aliphatic rings. The number of likely N-dealkylation sites (tertiary alicyclic amines) is 1. The molecular weight excluding hydrogens is 304 g/mol. The number of rotatable bonds is 7. The SMILES string of the molecule is O=C(CC1CCN(CCON(O)O)CC1)Oc1ccc(O)cc1. The van der Waals surface area contributed by atoms with Gasteiger partial charge in [0.25, 0.3) is 0 Å². The van der Waals surface area contributed by atoms with E-state index in [1.54, 1.807) is 12.1 Å². The summed E-state index contributed by atoms with van der Waals surface area (Å²) in [5, 5.41) is 25.8. The molecule has 1 saturated heterocycles. The highest BCUT2D eigenvalue weighted by atomic mass is 17.1. The van der Waals surface area contributed by atoms with Crippen LogP contribution in [0.5, 0.6) is 11.5 Å². The lowest BCUT2D eigenvalue weighted by Gasteiger charge is -2.31. The number of nitrogens with zero attached hydrogens (tertiary/aromatic N) is 2. The molecule has 1 heterocycles. The van der Waals surface area contributed by atoms with Crippen molar-refractivity contribution < 1.29 is 29.9 Å². The number of carbonyl (C=O) groups excluding carboxylic acids is 1. The molecule has 0 atom stereocenters. The summed E-state index contributed by atoms with van der Waals surface area (Å²) < 4.78 is 5.25. The minimum Gasteiger partial charge on any atom is -0.508 e. The second-order valence-corrected chi connectivity index (χ2v) is 5.54. The standard InChI is InChI=1S/C15H22N2O6/c18-13-1-3-14(4-2-13)23-15(19)11-12-5-7-16(8-6-12)9-10-22-17(20)21/h1-4,12,18,20-21H,5-11H2. The van der Waals surface area contributed by atoms with Crippen molar-refractivity contribution >= 4 is 5.97 Å². The number of piperidine rings is 1. The lowest BCUT2D eigenvalue weighted by Crippen LogP contribution is -2.37. The molecule has 0 radical (unpaired) electrons. The van der Waals surface area contributed by atoms with E-state index in [0.717, 1.165) is 25.9 Å². The summed E-state index contributed by atoms with van der Waals surface area (Å²) in [5.74, 6) is 0.573. The molecule has 1 aromatic carbocycles. The van der Waals surface area contributed by atoms with Gasteiger partial charge in [0.05, 0.1) is 12.0 Å². The van der Waals surface area contributed by atoms with Crippen molar-refractivity contribution in [3.63, 3.8) is 0 Å². The molecule has 8 nitrogen and oxygen atoms in total. The third kappa shape index (κ3) is 6.51. The summed E-state index contributed by atoms with van der Waals surface area (Å²) in [6, 6.07) is 6.06. The Hall–Kier alpha value is -1.71. The number of benzene rings is 1. The van der Waals surface area contributed by atoms with Crippen molar-refractivity contribution in [2.75, 3.05) is 26.2 Å². The fourth-order valence-corrected chi connectivity index (χ4v) is 2.59. The van der Waals surface area contributed by atoms with Crippen LogP contribution < -0.4 is 4.74 Å². The van der Waals surface area contributed by atoms with Crippen LogP contribution in [-0.4, -0.2) is 58.0 Å². The molecule has 2 rings (SSSR count). The zero-order valence-electron chi connectivity index (χ0n) is 12.8. The first-order valence-electron chi connectivity index (χ1n) is 7.56. The average Bonchev–Trinajstić information content (AvgIpc) is 2.51. The molecule has 3 N–H and O–H groups in total. The van der Waals surface area contributed by atoms with Gasteiger partial charge in [0.15, 0.2) is 0 Å². The Kier molecular flexibility index (Phi) is 6.75. The fraction of sp³-hybridized carbons (Fsp3) is 0.533. The minimum atomic E-state index is -0.286. The smallest absolute Gasteiger partial charge is 0.311 e. The fourth-order valence-electron chi connectivity index (χ4n) is 2.59. The highest BCUT2D eigenvalue weighted by Gasteiger charge is 2.22. The van der Waals surface area contributed by atoms with Gasteiger partial charge in [-0.15, -0.1) is 0 Å². The summed E-state index contributed by atoms with van der Waals surface area (Å²) >= 11 is 0. The minimum absolute atomic E-state index is 0.131. The van der Waals surface area contributed by atoms with E-state index in [2.05, 4.69) is 9.74 Å². The molecule has 23 heavy (non-hydrogen) atoms. The Balaban J connectivity index is 1.65. The monoisotopic (exact) mass is 326 g/mol. The maximum atomic E-state index is 11.9. The number of hydrogen-bond donors (Lipinski definition) is 3. The van der Waals surface area contributed by atoms with Gasteiger partial charge in [0.1, 0.15) is 11.5 Å². The van der Waals surface area contributed by atoms with Crippen LogP contribution in [-0.2, 0) is 9.63 Å². The number of carbonyl (C=O) groups is 1. The highest BCUT2D eigenvalue weighted by Crippen LogP contribution is 2.22. The van der Waals surface area contributed by atoms with Gasteiger partial charge in [-0.25, -0.2) is 4.84 Å². The van der Waals surface area contributed by atoms with E-state index >= 15 is 0 Å². The van der Waals surface area contributed by atoms with Crippen molar-refractivity contribution in [3.8, 4) is 11.5 Å². The third-order valence-electron chi connectivity index (χ3n) is 3.85. The topological polar surface area (TPSA) is 103 Å². The zero-order valence-corrected chi connectivity index (χ0v) is 12.8. The largest absolute Gasteiger partial charge is 0.508 e. The first kappa shape index (κ1) is 17.6. The predicted molar refractivity (Wildman–Crippen MR) is 78.9 cm³/mol. The zero-order chi connectivity index (χ0) is 16.7. The summed E-state index contributed by atoms with van der Waals surface area (Å²) in [4.78, 5) is 18.6. The maximum Gasteiger partial charge on any atom is 0.311 e. The normalized spacial score (nSPS) is 16.7. The van der Waals surface area contributed by atoms with Crippen LogP contribution in [0.1, 0.15) is 19.3 Å². The molecule has 0 bridgehead atoms. The lowest BCUT2D eigenvalue weighted by molar-refractivity contribution is -0.492. The molecule has 1 aromatic rings. The van der Waals surface area contributed by atoms with Gasteiger partial charge >= 0.3 is 5.97 Å². The van der Waals surface area contributed by atoms with Crippen molar-refractivity contribution in [1.82, 2.24) is 10.3 Å². The molecule has 0 spiro atoms. The number of ether oxygens (including phenoxy) is 1. The highest BCUT2D eigenvalue weighted by molar-refractivity contribution is 5.72. The summed E-state index contributed by atoms with van der Waals surface area (Å²) in [6.07, 6.45) is 2.13. The van der Waals surface area contributed by atoms with Crippen molar-refractivity contribution in [2.24, 2.45) is 5.92 Å². The Morgan fingerprint density at radius 2 is 1.87 bits per heavy atom. The van der Waals surface area contributed by atoms with E-state index in [0.29, 0.717) is 18.7 Å². The second-order valence-electron chi connectivity index (χ2n) is 5.54. The van der Waals surface area contributed by atoms with Gasteiger partial charge in [-0.3, -0.25) is 15.2 Å². The second kappa shape index (κ2) is 8.80. The molecule has 1 fully saturated rings. The summed E-state index contributed by atoms with van der Waals surface area (Å²) in [5.41, 5.74) is 0. The van der Waals surface area contributed by atoms with Gasteiger partial charge in [-0.1, -0.05) is 0 Å². The van der Waals surface area contributed by atoms with Gasteiger partial charge in [-0.05, 0) is 56.1 Å². The van der Waals surface area contributed by atoms with Crippen LogP contribution in [0.25, 0.3) is 0 Å². The predicted octanol–water partition coefficient (Wildman–Crippen LogP) is 1.41. The maximum absolute atomic E-state index is 11.9. The number of phenolic OH excluding ortho intramolecular Hbond substituents is 1. The molecule has 0 saturated carbocycles. The summed E-state index contributed by atoms with van der Waals surface area (Å²) in [7, 11) is 0. The van der Waals surface area contributed by atoms with Crippen LogP contribution in [0, 0.1) is 5.92 Å². The molecule has 1 aliphatic heterocycles. The summed E-state index contributed by atoms with van der Waals surface area (Å²) in [6.45, 7) is 2.46. The van der Waals surface area contributed by atoms with Crippen molar-refractivity contribution in [1.29, 1.82) is 0 Å². The molecular formula is C15H22N2O6. The van der Waals surface area contributed by atoms with Gasteiger partial charge in [0, 0.05) is 13.0 Å². The lowest BCUT2D eigenvalue weighted by atomic mass is 9.93. The van der Waals surface area contributed by atoms with E-state index in [4.69, 9.17) is 15.2 Å². The quantitative estimate of drug-likeness (QED) is 0.393. The van der Waals surface area contributed by atoms with Crippen LogP contribution >= 0.6 is 0 Å². The molecule has 0 unspecified atom stereocenters. The molecule has 0 aromatic heterocycles. The van der Waals surface area contributed by atoms with Crippen LogP contribution in [0.2, 0.25) is 0 Å². The molecule has 8 heteroatoms. The van der Waals surface area contributed by atoms with E-state index in [1.807, 2.05) is 0 Å². The Morgan fingerprint density at radius 1 is 1.22 bits per heavy atom. The van der Waals surface area contributed by atoms with Gasteiger partial charge < -0.3 is 14.7 Å². The Bertz CT molecular complexity index is 485. The van der Waals surface area contributed by atoms with Crippen LogP contribution in [0.4, 0.5) is 0 Å². The van der Waals surface area contributed by atoms with E-state index in [9.17, 15) is 9.90 Å². The number of phenols is 1. The van der Waals surface area contributed by atoms with Crippen LogP contribution in [0.3, 0.4) is 0 Å². The molecule has 128 valence electrons. The van der Waals surface area contributed by atoms with E-state index < -0.39 is 0 Å². The van der Waals surface area contributed by atoms with E-state index in [-0.39, 0.29) is 29.6 Å². The van der Waals surface area contributed by atoms with Gasteiger partial charge in [-0.2, -0.15) is 0 Å². The first-order valence-corrected chi connectivity index (χ1v) is 7.56. The Morgan fingerprint density at radius 3 is 2.48 bits per heavy atom. The first-order chi connectivity index (χ1) is 11.0. The molecule has 0 aliphatic carbocycles. The van der Waals surface area contributed by atoms with Crippen LogP contribution in [0.15, 0.2) is 24.3 Å². The number of esters is 1. The van der Waals surface area contributed by atoms with Crippen molar-refractivity contribution in [2.45, 2.75) is 19.3 Å². The Labute approximate surface area is 134 Å². The number of hydrogen-bond acceptors (Lipinski definition) is 8. The molecule has 0 amide bonds. The van der Waals surface area contributed by atoms with E-state index in [1.165, 1.54) is 12.1 Å². The van der Waals surface area contributed by atoms with Crippen molar-refractivity contribution in [3.05, 3.63) is 24.3 Å². The third-order valence-corrected chi connectivity index (χ3v) is 3.85.